The molecular weight excluding hydrogens is 313 g/mol. The maximum atomic E-state index is 8.97. The molecule has 2 aromatic rings. The summed E-state index contributed by atoms with van der Waals surface area (Å²) in [6.07, 6.45) is 0. The minimum absolute atomic E-state index is 0. The van der Waals surface area contributed by atoms with Gasteiger partial charge in [0.1, 0.15) is 11.8 Å². The van der Waals surface area contributed by atoms with Crippen LogP contribution in [0.4, 0.5) is 5.69 Å². The van der Waals surface area contributed by atoms with Gasteiger partial charge >= 0.3 is 0 Å². The monoisotopic (exact) mass is 328 g/mol. The van der Waals surface area contributed by atoms with Crippen molar-refractivity contribution in [2.24, 2.45) is 0 Å². The van der Waals surface area contributed by atoms with Crippen molar-refractivity contribution in [3.63, 3.8) is 0 Å². The van der Waals surface area contributed by atoms with E-state index in [1.807, 2.05) is 19.1 Å². The minimum atomic E-state index is 0. The number of nitrogens with zero attached hydrogens (tertiary/aromatic N) is 1. The molecule has 0 aliphatic rings. The Bertz CT molecular complexity index is 574. The molecule has 2 N–H and O–H groups in total. The zero-order valence-electron chi connectivity index (χ0n) is 9.97. The van der Waals surface area contributed by atoms with Crippen LogP contribution < -0.4 is 10.5 Å². The largest absolute Gasteiger partial charge is 0.515 e. The number of rotatable bonds is 2. The molecule has 0 saturated heterocycles. The van der Waals surface area contributed by atoms with Crippen molar-refractivity contribution < 1.29 is 37.4 Å². The van der Waals surface area contributed by atoms with Crippen molar-refractivity contribution in [1.29, 1.82) is 5.26 Å². The molecule has 0 amide bonds. The van der Waals surface area contributed by atoms with Gasteiger partial charge in [-0.25, -0.2) is 0 Å². The second-order valence-corrected chi connectivity index (χ2v) is 3.68. The van der Waals surface area contributed by atoms with Crippen LogP contribution in [0.2, 0.25) is 0 Å². The molecule has 0 heterocycles. The number of ether oxygens (including phenoxy) is 1. The first-order valence-corrected chi connectivity index (χ1v) is 5.15. The standard InChI is InChI=1S/C14H11N2O.CH4.Y/c1-10-2-5-13(6-3-10)17-14-7-4-12(16)8-11(14)9-15;;/h2,4-8H,16H2,1H3;1H4;/q-1;;. The molecular formula is C15H15N2OY-. The molecule has 0 fully saturated rings. The molecule has 4 heteroatoms. The van der Waals surface area contributed by atoms with Gasteiger partial charge in [-0.15, -0.1) is 12.1 Å². The molecule has 0 unspecified atom stereocenters. The molecule has 3 nitrogen and oxygen atoms in total. The van der Waals surface area contributed by atoms with E-state index in [-0.39, 0.29) is 40.1 Å². The Morgan fingerprint density at radius 3 is 2.58 bits per heavy atom. The first-order chi connectivity index (χ1) is 8.19. The Morgan fingerprint density at radius 1 is 1.26 bits per heavy atom. The van der Waals surface area contributed by atoms with Gasteiger partial charge in [-0.3, -0.25) is 0 Å². The van der Waals surface area contributed by atoms with Gasteiger partial charge in [0.05, 0.1) is 5.56 Å². The van der Waals surface area contributed by atoms with Gasteiger partial charge in [0.25, 0.3) is 0 Å². The summed E-state index contributed by atoms with van der Waals surface area (Å²) in [6.45, 7) is 1.95. The van der Waals surface area contributed by atoms with Crippen molar-refractivity contribution in [1.82, 2.24) is 0 Å². The molecule has 95 valence electrons. The van der Waals surface area contributed by atoms with Crippen LogP contribution >= 0.6 is 0 Å². The van der Waals surface area contributed by atoms with Gasteiger partial charge in [-0.2, -0.15) is 23.0 Å². The topological polar surface area (TPSA) is 59.0 Å². The molecule has 0 aromatic heterocycles. The molecule has 19 heavy (non-hydrogen) atoms. The van der Waals surface area contributed by atoms with Crippen LogP contribution in [0, 0.1) is 24.3 Å². The van der Waals surface area contributed by atoms with E-state index in [9.17, 15) is 0 Å². The molecule has 0 aliphatic heterocycles. The van der Waals surface area contributed by atoms with Crippen LogP contribution in [0.25, 0.3) is 0 Å². The second kappa shape index (κ2) is 7.94. The van der Waals surface area contributed by atoms with Gasteiger partial charge in [0, 0.05) is 44.1 Å². The molecule has 0 saturated carbocycles. The number of hydrogen-bond acceptors (Lipinski definition) is 3. The molecule has 1 radical (unpaired) electrons. The summed E-state index contributed by atoms with van der Waals surface area (Å²) >= 11 is 0. The van der Waals surface area contributed by atoms with E-state index in [2.05, 4.69) is 12.1 Å². The number of nitrogens with two attached hydrogens (primary N) is 1. The Balaban J connectivity index is 0.00000162. The number of hydrogen-bond donors (Lipinski definition) is 1. The van der Waals surface area contributed by atoms with Crippen LogP contribution in [-0.4, -0.2) is 0 Å². The first-order valence-electron chi connectivity index (χ1n) is 5.15. The molecule has 0 spiro atoms. The van der Waals surface area contributed by atoms with Crippen molar-refractivity contribution in [3.8, 4) is 17.6 Å². The summed E-state index contributed by atoms with van der Waals surface area (Å²) in [4.78, 5) is 0. The van der Waals surface area contributed by atoms with E-state index >= 15 is 0 Å². The molecule has 2 aromatic carbocycles. The Kier molecular flexibility index (Phi) is 7.37. The number of nitriles is 1. The van der Waals surface area contributed by atoms with Crippen LogP contribution in [0.1, 0.15) is 18.6 Å². The maximum Gasteiger partial charge on any atom is 0.128 e. The maximum absolute atomic E-state index is 8.97. The Morgan fingerprint density at radius 2 is 2.00 bits per heavy atom. The SMILES string of the molecule is C.Cc1[c-]cc(Oc2ccc(N)cc2C#N)cc1.[Y]. The fourth-order valence-electron chi connectivity index (χ4n) is 1.40. The third-order valence-corrected chi connectivity index (χ3v) is 2.29. The summed E-state index contributed by atoms with van der Waals surface area (Å²) in [7, 11) is 0. The van der Waals surface area contributed by atoms with Crippen molar-refractivity contribution >= 4 is 5.69 Å². The van der Waals surface area contributed by atoms with Gasteiger partial charge in [-0.05, 0) is 18.2 Å². The molecule has 0 bridgehead atoms. The third-order valence-electron chi connectivity index (χ3n) is 2.29. The van der Waals surface area contributed by atoms with Gasteiger partial charge in [0.2, 0.25) is 0 Å². The predicted octanol–water partition coefficient (Wildman–Crippen LogP) is 3.67. The summed E-state index contributed by atoms with van der Waals surface area (Å²) in [5.74, 6) is 1.15. The zero-order valence-corrected chi connectivity index (χ0v) is 12.8. The number of anilines is 1. The Hall–Kier alpha value is -1.37. The van der Waals surface area contributed by atoms with E-state index in [4.69, 9.17) is 15.7 Å². The van der Waals surface area contributed by atoms with Gasteiger partial charge < -0.3 is 10.5 Å². The Labute approximate surface area is 139 Å². The zero-order chi connectivity index (χ0) is 12.3. The van der Waals surface area contributed by atoms with Crippen LogP contribution in [0.15, 0.2) is 36.4 Å². The first kappa shape index (κ1) is 17.6. The number of aryl methyl sites for hydroxylation is 1. The fourth-order valence-corrected chi connectivity index (χ4v) is 1.40. The van der Waals surface area contributed by atoms with Crippen molar-refractivity contribution in [2.75, 3.05) is 5.73 Å². The van der Waals surface area contributed by atoms with Crippen LogP contribution in [0.3, 0.4) is 0 Å². The van der Waals surface area contributed by atoms with Crippen LogP contribution in [-0.2, 0) is 32.7 Å². The molecule has 0 atom stereocenters. The molecule has 2 rings (SSSR count). The van der Waals surface area contributed by atoms with Crippen molar-refractivity contribution in [2.45, 2.75) is 14.4 Å². The molecule has 0 aliphatic carbocycles. The smallest absolute Gasteiger partial charge is 0.128 e. The van der Waals surface area contributed by atoms with E-state index in [1.165, 1.54) is 0 Å². The summed E-state index contributed by atoms with van der Waals surface area (Å²) in [6, 6.07) is 15.6. The minimum Gasteiger partial charge on any atom is -0.515 e. The van der Waals surface area contributed by atoms with Crippen LogP contribution in [0.5, 0.6) is 11.5 Å². The van der Waals surface area contributed by atoms with E-state index in [1.54, 1.807) is 24.3 Å². The average Bonchev–Trinajstić information content (AvgIpc) is 2.34. The number of nitrogen functional groups attached to an aromatic ring is 1. The van der Waals surface area contributed by atoms with E-state index in [0.29, 0.717) is 22.7 Å². The summed E-state index contributed by atoms with van der Waals surface area (Å²) in [5, 5.41) is 8.97. The van der Waals surface area contributed by atoms with Gasteiger partial charge in [0.15, 0.2) is 0 Å². The fraction of sp³-hybridized carbons (Fsp3) is 0.133. The quantitative estimate of drug-likeness (QED) is 0.676. The predicted molar refractivity (Wildman–Crippen MR) is 72.4 cm³/mol. The third kappa shape index (κ3) is 4.66. The van der Waals surface area contributed by atoms with Gasteiger partial charge in [-0.1, -0.05) is 14.4 Å². The normalized spacial score (nSPS) is 8.63. The average molecular weight is 328 g/mol. The second-order valence-electron chi connectivity index (χ2n) is 3.68. The van der Waals surface area contributed by atoms with Crippen molar-refractivity contribution in [3.05, 3.63) is 53.6 Å². The summed E-state index contributed by atoms with van der Waals surface area (Å²) < 4.78 is 5.60. The van der Waals surface area contributed by atoms with E-state index in [0.717, 1.165) is 5.56 Å². The number of benzene rings is 2. The summed E-state index contributed by atoms with van der Waals surface area (Å²) in [5.41, 5.74) is 7.61. The van der Waals surface area contributed by atoms with E-state index < -0.39 is 0 Å².